The van der Waals surface area contributed by atoms with Crippen LogP contribution in [0.4, 0.5) is 0 Å². The van der Waals surface area contributed by atoms with Gasteiger partial charge in [-0.2, -0.15) is 0 Å². The van der Waals surface area contributed by atoms with Crippen molar-refractivity contribution in [2.45, 2.75) is 69.9 Å². The number of aryl methyl sites for hydroxylation is 2. The van der Waals surface area contributed by atoms with Gasteiger partial charge in [0.05, 0.1) is 12.7 Å². The SMILES string of the molecule is COc1ccc(CCC2(O)CCC(NC(=O)C#Cc3cccc(C)c3)CC2CCNCC2CC2)cc1O. The summed E-state index contributed by atoms with van der Waals surface area (Å²) in [5, 5.41) is 28.5. The van der Waals surface area contributed by atoms with Gasteiger partial charge in [-0.05, 0) is 119 Å². The van der Waals surface area contributed by atoms with Crippen molar-refractivity contribution in [1.82, 2.24) is 10.6 Å². The maximum atomic E-state index is 12.6. The maximum Gasteiger partial charge on any atom is 0.296 e. The number of nitrogens with one attached hydrogen (secondary N) is 2. The van der Waals surface area contributed by atoms with E-state index in [2.05, 4.69) is 22.5 Å². The van der Waals surface area contributed by atoms with E-state index in [1.54, 1.807) is 12.1 Å². The Morgan fingerprint density at radius 3 is 2.76 bits per heavy atom. The number of methoxy groups -OCH3 is 1. The minimum absolute atomic E-state index is 0.00181. The fraction of sp³-hybridized carbons (Fsp3) is 0.516. The third kappa shape index (κ3) is 7.99. The van der Waals surface area contributed by atoms with E-state index >= 15 is 0 Å². The van der Waals surface area contributed by atoms with Gasteiger partial charge in [-0.3, -0.25) is 4.79 Å². The lowest BCUT2D eigenvalue weighted by atomic mass is 9.69. The monoisotopic (exact) mass is 504 g/mol. The number of aliphatic hydroxyl groups is 1. The van der Waals surface area contributed by atoms with Gasteiger partial charge in [-0.25, -0.2) is 0 Å². The molecule has 2 aromatic carbocycles. The lowest BCUT2D eigenvalue weighted by Crippen LogP contribution is -2.50. The summed E-state index contributed by atoms with van der Waals surface area (Å²) < 4.78 is 5.15. The molecule has 0 aliphatic heterocycles. The van der Waals surface area contributed by atoms with Crippen LogP contribution in [-0.4, -0.2) is 48.0 Å². The number of hydrogen-bond acceptors (Lipinski definition) is 5. The molecule has 0 spiro atoms. The number of aromatic hydroxyl groups is 1. The van der Waals surface area contributed by atoms with Gasteiger partial charge in [0.15, 0.2) is 11.5 Å². The van der Waals surface area contributed by atoms with Gasteiger partial charge >= 0.3 is 0 Å². The average molecular weight is 505 g/mol. The van der Waals surface area contributed by atoms with Crippen LogP contribution in [0.15, 0.2) is 42.5 Å². The highest BCUT2D eigenvalue weighted by atomic mass is 16.5. The Morgan fingerprint density at radius 1 is 1.19 bits per heavy atom. The Bertz CT molecular complexity index is 1130. The molecule has 6 nitrogen and oxygen atoms in total. The zero-order valence-electron chi connectivity index (χ0n) is 22.1. The van der Waals surface area contributed by atoms with E-state index in [0.29, 0.717) is 31.4 Å². The van der Waals surface area contributed by atoms with Gasteiger partial charge < -0.3 is 25.6 Å². The minimum atomic E-state index is -0.814. The molecule has 198 valence electrons. The first-order valence-electron chi connectivity index (χ1n) is 13.5. The van der Waals surface area contributed by atoms with Crippen molar-refractivity contribution in [3.8, 4) is 23.3 Å². The first kappa shape index (κ1) is 27.0. The van der Waals surface area contributed by atoms with E-state index in [1.807, 2.05) is 37.3 Å². The van der Waals surface area contributed by atoms with E-state index in [9.17, 15) is 15.0 Å². The number of ether oxygens (including phenoxy) is 1. The zero-order valence-corrected chi connectivity index (χ0v) is 22.1. The molecule has 2 aromatic rings. The number of benzene rings is 2. The molecule has 0 heterocycles. The number of hydrogen-bond donors (Lipinski definition) is 4. The van der Waals surface area contributed by atoms with Crippen LogP contribution in [0, 0.1) is 30.6 Å². The average Bonchev–Trinajstić information content (AvgIpc) is 3.71. The normalized spacial score (nSPS) is 23.1. The molecule has 0 aromatic heterocycles. The van der Waals surface area contributed by atoms with Gasteiger partial charge in [0, 0.05) is 17.5 Å². The smallest absolute Gasteiger partial charge is 0.296 e. The van der Waals surface area contributed by atoms with E-state index in [1.165, 1.54) is 20.0 Å². The second kappa shape index (κ2) is 12.5. The fourth-order valence-corrected chi connectivity index (χ4v) is 5.39. The Labute approximate surface area is 220 Å². The predicted octanol–water partition coefficient (Wildman–Crippen LogP) is 4.10. The summed E-state index contributed by atoms with van der Waals surface area (Å²) in [5.74, 6) is 6.87. The van der Waals surface area contributed by atoms with Gasteiger partial charge in [0.2, 0.25) is 0 Å². The molecule has 1 amide bonds. The molecule has 2 aliphatic rings. The number of amides is 1. The van der Waals surface area contributed by atoms with Gasteiger partial charge in [0.1, 0.15) is 0 Å². The molecule has 6 heteroatoms. The molecule has 2 fully saturated rings. The third-order valence-corrected chi connectivity index (χ3v) is 7.82. The first-order valence-corrected chi connectivity index (χ1v) is 13.5. The predicted molar refractivity (Wildman–Crippen MR) is 145 cm³/mol. The molecular weight excluding hydrogens is 464 g/mol. The molecular formula is C31H40N2O4. The summed E-state index contributed by atoms with van der Waals surface area (Å²) >= 11 is 0. The Morgan fingerprint density at radius 2 is 2.03 bits per heavy atom. The number of phenolic OH excluding ortho intramolecular Hbond substituents is 1. The van der Waals surface area contributed by atoms with Crippen molar-refractivity contribution in [2.75, 3.05) is 20.2 Å². The van der Waals surface area contributed by atoms with Crippen molar-refractivity contribution in [1.29, 1.82) is 0 Å². The van der Waals surface area contributed by atoms with Crippen LogP contribution < -0.4 is 15.4 Å². The van der Waals surface area contributed by atoms with E-state index in [0.717, 1.165) is 48.5 Å². The van der Waals surface area contributed by atoms with Crippen LogP contribution in [0.25, 0.3) is 0 Å². The van der Waals surface area contributed by atoms with E-state index in [-0.39, 0.29) is 23.6 Å². The van der Waals surface area contributed by atoms with Gasteiger partial charge in [-0.15, -0.1) is 0 Å². The summed E-state index contributed by atoms with van der Waals surface area (Å²) in [6.45, 7) is 3.91. The van der Waals surface area contributed by atoms with E-state index < -0.39 is 5.60 Å². The first-order chi connectivity index (χ1) is 17.8. The second-order valence-corrected chi connectivity index (χ2v) is 10.8. The summed E-state index contributed by atoms with van der Waals surface area (Å²) in [6, 6.07) is 13.2. The fourth-order valence-electron chi connectivity index (χ4n) is 5.39. The summed E-state index contributed by atoms with van der Waals surface area (Å²) in [5.41, 5.74) is 2.10. The summed E-state index contributed by atoms with van der Waals surface area (Å²) in [6.07, 6.45) is 6.83. The lowest BCUT2D eigenvalue weighted by molar-refractivity contribution is -0.118. The topological polar surface area (TPSA) is 90.8 Å². The molecule has 2 saturated carbocycles. The number of rotatable bonds is 10. The van der Waals surface area contributed by atoms with E-state index in [4.69, 9.17) is 4.74 Å². The van der Waals surface area contributed by atoms with Crippen molar-refractivity contribution in [3.63, 3.8) is 0 Å². The van der Waals surface area contributed by atoms with Crippen molar-refractivity contribution >= 4 is 5.91 Å². The van der Waals surface area contributed by atoms with Crippen LogP contribution >= 0.6 is 0 Å². The van der Waals surface area contributed by atoms with Crippen LogP contribution in [-0.2, 0) is 11.2 Å². The van der Waals surface area contributed by atoms with Crippen LogP contribution in [0.3, 0.4) is 0 Å². The van der Waals surface area contributed by atoms with Gasteiger partial charge in [-0.1, -0.05) is 24.1 Å². The molecule has 0 bridgehead atoms. The quantitative estimate of drug-likeness (QED) is 0.289. The maximum absolute atomic E-state index is 12.6. The Hall–Kier alpha value is -3.01. The number of phenols is 1. The molecule has 4 rings (SSSR count). The van der Waals surface area contributed by atoms with Crippen molar-refractivity contribution < 1.29 is 19.7 Å². The molecule has 3 unspecified atom stereocenters. The molecule has 4 N–H and O–H groups in total. The molecule has 0 saturated heterocycles. The van der Waals surface area contributed by atoms with Gasteiger partial charge in [0.25, 0.3) is 5.91 Å². The highest BCUT2D eigenvalue weighted by molar-refractivity contribution is 5.94. The zero-order chi connectivity index (χ0) is 26.3. The standard InChI is InChI=1S/C31H40N2O4/c1-22-4-3-5-23(18-22)9-11-30(35)33-27-13-16-31(36,26(20-27)14-17-32-21-25-6-7-25)15-12-24-8-10-29(37-2)28(34)19-24/h3-5,8,10,18-19,25-27,32,34,36H,6-7,12-17,20-21H2,1-2H3,(H,33,35). The van der Waals surface area contributed by atoms with Crippen molar-refractivity contribution in [2.24, 2.45) is 11.8 Å². The summed E-state index contributed by atoms with van der Waals surface area (Å²) in [4.78, 5) is 12.6. The largest absolute Gasteiger partial charge is 0.504 e. The molecule has 37 heavy (non-hydrogen) atoms. The molecule has 2 aliphatic carbocycles. The number of carbonyl (C=O) groups excluding carboxylic acids is 1. The number of carbonyl (C=O) groups is 1. The van der Waals surface area contributed by atoms with Crippen LogP contribution in [0.5, 0.6) is 11.5 Å². The Kier molecular flexibility index (Phi) is 9.13. The minimum Gasteiger partial charge on any atom is -0.504 e. The molecule has 3 atom stereocenters. The third-order valence-electron chi connectivity index (χ3n) is 7.82. The summed E-state index contributed by atoms with van der Waals surface area (Å²) in [7, 11) is 1.53. The van der Waals surface area contributed by atoms with Crippen LogP contribution in [0.1, 0.15) is 61.6 Å². The molecule has 0 radical (unpaired) electrons. The lowest BCUT2D eigenvalue weighted by Gasteiger charge is -2.43. The highest BCUT2D eigenvalue weighted by Crippen LogP contribution is 2.40. The second-order valence-electron chi connectivity index (χ2n) is 10.8. The van der Waals surface area contributed by atoms with Crippen LogP contribution in [0.2, 0.25) is 0 Å². The highest BCUT2D eigenvalue weighted by Gasteiger charge is 2.41. The Balaban J connectivity index is 1.37. The van der Waals surface area contributed by atoms with Crippen molar-refractivity contribution in [3.05, 3.63) is 59.2 Å².